The number of amides is 1. The van der Waals surface area contributed by atoms with Crippen LogP contribution in [0.25, 0.3) is 22.5 Å². The molecule has 124 valence electrons. The van der Waals surface area contributed by atoms with Crippen LogP contribution in [0, 0.1) is 0 Å². The maximum absolute atomic E-state index is 12.2. The second-order valence-electron chi connectivity index (χ2n) is 6.43. The monoisotopic (exact) mass is 332 g/mol. The Kier molecular flexibility index (Phi) is 2.94. The summed E-state index contributed by atoms with van der Waals surface area (Å²) in [5.74, 6) is 0.178. The fourth-order valence-electron chi connectivity index (χ4n) is 3.71. The van der Waals surface area contributed by atoms with Crippen LogP contribution < -0.4 is 5.32 Å². The van der Waals surface area contributed by atoms with Crippen molar-refractivity contribution in [2.75, 3.05) is 6.54 Å². The molecule has 3 heterocycles. The Morgan fingerprint density at radius 2 is 2.12 bits per heavy atom. The SMILES string of the molecule is O=C1NCCn2nc3c(c21)CCc1cnc(-c2cccc(O)c2)cc1-3. The van der Waals surface area contributed by atoms with Crippen molar-refractivity contribution >= 4 is 5.91 Å². The van der Waals surface area contributed by atoms with Crippen molar-refractivity contribution in [3.05, 3.63) is 53.3 Å². The molecule has 0 atom stereocenters. The van der Waals surface area contributed by atoms with Gasteiger partial charge in [-0.15, -0.1) is 0 Å². The van der Waals surface area contributed by atoms with Gasteiger partial charge in [0.1, 0.15) is 11.4 Å². The Bertz CT molecular complexity index is 1020. The van der Waals surface area contributed by atoms with Gasteiger partial charge in [0.25, 0.3) is 5.91 Å². The van der Waals surface area contributed by atoms with Gasteiger partial charge in [-0.3, -0.25) is 14.5 Å². The summed E-state index contributed by atoms with van der Waals surface area (Å²) in [5.41, 5.74) is 6.43. The van der Waals surface area contributed by atoms with Crippen molar-refractivity contribution in [1.82, 2.24) is 20.1 Å². The summed E-state index contributed by atoms with van der Waals surface area (Å²) in [6, 6.07) is 9.08. The zero-order valence-electron chi connectivity index (χ0n) is 13.5. The third kappa shape index (κ3) is 2.14. The number of carbonyl (C=O) groups excluding carboxylic acids is 1. The van der Waals surface area contributed by atoms with E-state index in [0.29, 0.717) is 18.8 Å². The molecule has 2 aromatic heterocycles. The van der Waals surface area contributed by atoms with Crippen molar-refractivity contribution in [2.24, 2.45) is 0 Å². The fraction of sp³-hybridized carbons (Fsp3) is 0.211. The number of fused-ring (bicyclic) bond motifs is 5. The molecule has 1 aromatic carbocycles. The Balaban J connectivity index is 1.68. The molecule has 6 nitrogen and oxygen atoms in total. The molecule has 5 rings (SSSR count). The Morgan fingerprint density at radius 3 is 3.00 bits per heavy atom. The van der Waals surface area contributed by atoms with Gasteiger partial charge in [0.2, 0.25) is 0 Å². The predicted molar refractivity (Wildman–Crippen MR) is 92.3 cm³/mol. The number of nitrogens with zero attached hydrogens (tertiary/aromatic N) is 3. The first-order chi connectivity index (χ1) is 12.2. The van der Waals surface area contributed by atoms with E-state index in [1.165, 1.54) is 0 Å². The minimum absolute atomic E-state index is 0.0364. The summed E-state index contributed by atoms with van der Waals surface area (Å²) in [6.07, 6.45) is 3.54. The van der Waals surface area contributed by atoms with Crippen LogP contribution in [0.1, 0.15) is 21.6 Å². The van der Waals surface area contributed by atoms with Gasteiger partial charge in [-0.05, 0) is 36.6 Å². The first-order valence-electron chi connectivity index (χ1n) is 8.37. The van der Waals surface area contributed by atoms with Gasteiger partial charge in [-0.1, -0.05) is 12.1 Å². The van der Waals surface area contributed by atoms with Gasteiger partial charge >= 0.3 is 0 Å². The topological polar surface area (TPSA) is 80.0 Å². The van der Waals surface area contributed by atoms with Crippen molar-refractivity contribution < 1.29 is 9.90 Å². The quantitative estimate of drug-likeness (QED) is 0.716. The van der Waals surface area contributed by atoms with Gasteiger partial charge in [-0.2, -0.15) is 5.10 Å². The normalized spacial score (nSPS) is 15.1. The Hall–Kier alpha value is -3.15. The lowest BCUT2D eigenvalue weighted by Gasteiger charge is -2.18. The van der Waals surface area contributed by atoms with E-state index < -0.39 is 0 Å². The minimum Gasteiger partial charge on any atom is -0.508 e. The molecule has 0 saturated carbocycles. The van der Waals surface area contributed by atoms with E-state index in [1.54, 1.807) is 18.2 Å². The Morgan fingerprint density at radius 1 is 1.20 bits per heavy atom. The summed E-state index contributed by atoms with van der Waals surface area (Å²) in [5, 5.41) is 17.3. The average Bonchev–Trinajstić information content (AvgIpc) is 3.01. The largest absolute Gasteiger partial charge is 0.508 e. The lowest BCUT2D eigenvalue weighted by molar-refractivity contribution is 0.0923. The van der Waals surface area contributed by atoms with E-state index >= 15 is 0 Å². The standard InChI is InChI=1S/C19H16N4O2/c24-13-3-1-2-11(8-13)16-9-15-12(10-21-16)4-5-14-17(15)22-23-7-6-20-19(25)18(14)23/h1-3,8-10,24H,4-7H2,(H,20,25). The van der Waals surface area contributed by atoms with Crippen molar-refractivity contribution in [2.45, 2.75) is 19.4 Å². The molecule has 3 aromatic rings. The van der Waals surface area contributed by atoms with E-state index in [0.717, 1.165) is 46.5 Å². The second kappa shape index (κ2) is 5.17. The first kappa shape index (κ1) is 14.2. The molecule has 1 aliphatic carbocycles. The zero-order chi connectivity index (χ0) is 17.0. The van der Waals surface area contributed by atoms with Gasteiger partial charge in [-0.25, -0.2) is 0 Å². The lowest BCUT2D eigenvalue weighted by atomic mass is 9.89. The molecule has 0 saturated heterocycles. The number of carbonyl (C=O) groups is 1. The molecule has 1 aliphatic heterocycles. The van der Waals surface area contributed by atoms with Gasteiger partial charge in [0.15, 0.2) is 0 Å². The number of pyridine rings is 1. The summed E-state index contributed by atoms with van der Waals surface area (Å²) < 4.78 is 1.83. The van der Waals surface area contributed by atoms with E-state index in [9.17, 15) is 9.90 Å². The highest BCUT2D eigenvalue weighted by atomic mass is 16.3. The average molecular weight is 332 g/mol. The zero-order valence-corrected chi connectivity index (χ0v) is 13.5. The molecular weight excluding hydrogens is 316 g/mol. The summed E-state index contributed by atoms with van der Waals surface area (Å²) >= 11 is 0. The summed E-state index contributed by atoms with van der Waals surface area (Å²) in [6.45, 7) is 1.32. The molecule has 25 heavy (non-hydrogen) atoms. The molecule has 0 radical (unpaired) electrons. The van der Waals surface area contributed by atoms with Crippen molar-refractivity contribution in [3.63, 3.8) is 0 Å². The third-order valence-electron chi connectivity index (χ3n) is 4.90. The van der Waals surface area contributed by atoms with Crippen LogP contribution in [0.5, 0.6) is 5.75 Å². The van der Waals surface area contributed by atoms with E-state index in [4.69, 9.17) is 5.10 Å². The number of aromatic nitrogens is 3. The number of hydrogen-bond donors (Lipinski definition) is 2. The van der Waals surface area contributed by atoms with Gasteiger partial charge in [0, 0.05) is 29.4 Å². The highest BCUT2D eigenvalue weighted by Crippen LogP contribution is 2.37. The van der Waals surface area contributed by atoms with Gasteiger partial charge < -0.3 is 10.4 Å². The van der Waals surface area contributed by atoms with E-state index in [1.807, 2.05) is 23.0 Å². The van der Waals surface area contributed by atoms with Crippen molar-refractivity contribution in [3.8, 4) is 28.3 Å². The molecule has 0 bridgehead atoms. The van der Waals surface area contributed by atoms with Crippen molar-refractivity contribution in [1.29, 1.82) is 0 Å². The van der Waals surface area contributed by atoms with Crippen LogP contribution in [0.15, 0.2) is 36.5 Å². The fourth-order valence-corrected chi connectivity index (χ4v) is 3.71. The minimum atomic E-state index is -0.0364. The molecule has 0 unspecified atom stereocenters. The van der Waals surface area contributed by atoms with E-state index in [2.05, 4.69) is 10.3 Å². The number of aryl methyl sites for hydroxylation is 1. The smallest absolute Gasteiger partial charge is 0.269 e. The highest BCUT2D eigenvalue weighted by molar-refractivity contribution is 5.97. The maximum Gasteiger partial charge on any atom is 0.269 e. The summed E-state index contributed by atoms with van der Waals surface area (Å²) in [4.78, 5) is 16.8. The number of aromatic hydroxyl groups is 1. The molecule has 0 fully saturated rings. The maximum atomic E-state index is 12.2. The van der Waals surface area contributed by atoms with Crippen LogP contribution in [-0.4, -0.2) is 32.3 Å². The van der Waals surface area contributed by atoms with Crippen LogP contribution in [0.2, 0.25) is 0 Å². The molecule has 6 heteroatoms. The van der Waals surface area contributed by atoms with E-state index in [-0.39, 0.29) is 11.7 Å². The third-order valence-corrected chi connectivity index (χ3v) is 4.90. The molecule has 0 spiro atoms. The number of phenolic OH excluding ortho intramolecular Hbond substituents is 1. The number of nitrogens with one attached hydrogen (secondary N) is 1. The van der Waals surface area contributed by atoms with Gasteiger partial charge in [0.05, 0.1) is 17.9 Å². The highest BCUT2D eigenvalue weighted by Gasteiger charge is 2.30. The lowest BCUT2D eigenvalue weighted by Crippen LogP contribution is -2.36. The summed E-state index contributed by atoms with van der Waals surface area (Å²) in [7, 11) is 0. The second-order valence-corrected chi connectivity index (χ2v) is 6.43. The number of hydrogen-bond acceptors (Lipinski definition) is 4. The molecule has 2 aliphatic rings. The first-order valence-corrected chi connectivity index (χ1v) is 8.37. The predicted octanol–water partition coefficient (Wildman–Crippen LogP) is 2.16. The van der Waals surface area contributed by atoms with Crippen LogP contribution in [0.4, 0.5) is 0 Å². The molecule has 2 N–H and O–H groups in total. The van der Waals surface area contributed by atoms with Crippen LogP contribution >= 0.6 is 0 Å². The molecule has 1 amide bonds. The number of phenols is 1. The van der Waals surface area contributed by atoms with Crippen LogP contribution in [-0.2, 0) is 19.4 Å². The Labute approximate surface area is 144 Å². The molecular formula is C19H16N4O2. The van der Waals surface area contributed by atoms with Crippen LogP contribution in [0.3, 0.4) is 0 Å². The number of benzene rings is 1. The number of rotatable bonds is 1.